The van der Waals surface area contributed by atoms with Gasteiger partial charge >= 0.3 is 161 Å². The molecule has 648 valence electrons. The van der Waals surface area contributed by atoms with Crippen LogP contribution in [0, 0.1) is 56.9 Å². The molecular formula is C111H100F3I7NO5S+7. The average molecular weight is 2510 g/mol. The molecule has 1 aliphatic carbocycles. The minimum Gasteiger partial charge on any atom is -0.497 e. The predicted molar refractivity (Wildman–Crippen MR) is 487 cm³/mol. The summed E-state index contributed by atoms with van der Waals surface area (Å²) >= 11 is -1.12. The molecule has 1 saturated carbocycles. The molecule has 17 heteroatoms. The number of rotatable bonds is 20. The molecule has 0 atom stereocenters. The lowest BCUT2D eigenvalue weighted by Gasteiger charge is -2.21. The Kier molecular flexibility index (Phi) is 39.9. The Morgan fingerprint density at radius 3 is 1.04 bits per heavy atom. The first-order chi connectivity index (χ1) is 62.3. The lowest BCUT2D eigenvalue weighted by atomic mass is 9.84. The van der Waals surface area contributed by atoms with E-state index in [1.807, 2.05) is 116 Å². The number of benzene rings is 16. The van der Waals surface area contributed by atoms with E-state index in [1.54, 1.807) is 36.9 Å². The number of para-hydroxylation sites is 2. The van der Waals surface area contributed by atoms with Gasteiger partial charge in [-0.15, -0.1) is 0 Å². The summed E-state index contributed by atoms with van der Waals surface area (Å²) in [7, 11) is 0.0321. The normalized spacial score (nSPS) is 11.7. The minimum absolute atomic E-state index is 0.00271. The number of hydrogen-bond donors (Lipinski definition) is 0. The van der Waals surface area contributed by atoms with Crippen LogP contribution in [0.4, 0.5) is 13.2 Å². The fourth-order valence-electron chi connectivity index (χ4n) is 13.2. The fourth-order valence-corrected chi connectivity index (χ4v) is 29.6. The summed E-state index contributed by atoms with van der Waals surface area (Å²) in [6.45, 7) is 6.49. The van der Waals surface area contributed by atoms with Crippen molar-refractivity contribution in [2.24, 2.45) is 0 Å². The van der Waals surface area contributed by atoms with Gasteiger partial charge in [-0.1, -0.05) is 233 Å². The van der Waals surface area contributed by atoms with Crippen LogP contribution in [0.25, 0.3) is 27.5 Å². The molecule has 128 heavy (non-hydrogen) atoms. The third-order valence-electron chi connectivity index (χ3n) is 19.8. The standard InChI is InChI=1S/C24H17IN.C18H20I.C15H16I.C14H11F3I.C14H12IO2.C13H12IO2S.C13H12IO/c1-2-8-18(9-3-1)25-19-14-16-20(17-15-19)26-23-12-6-4-10-21(23)22-11-5-7-13-24(22)26;1-3-7-15(8-4-1)16-11-13-18(14-12-16)19-17-9-5-2-6-10-17;1-12(2)13-8-10-15(11-9-13)16-14-6-4-3-5-7-14;1-10-2-6-12(7-3-10)18-13-8-4-11(5-9-13)14(15,16)17;1-17-14(16)12-9-5-6-10-13(12)15-11-7-3-2-4-8-11;1-17(15,16)13-9-7-12(8-10-13)14-11-5-3-2-4-6-11;1-15-13-9-7-12(8-10-13)14-11-5-3-2-4-6-11/h1-17H;2,5-6,9-15H,1,3-4,7-8H2;3-12H,1-2H3;2-9H,1H3;2*2-10H,1H3;2-10H,1H3/q7*+1. The molecule has 1 fully saturated rings. The number of ether oxygens (including phenoxy) is 2. The fraction of sp³-hybridized carbons (Fsp3) is 0.126. The number of methoxy groups -OCH3 is 2. The molecule has 0 N–H and O–H groups in total. The van der Waals surface area contributed by atoms with E-state index in [4.69, 9.17) is 9.47 Å². The van der Waals surface area contributed by atoms with Crippen LogP contribution in [-0.2, 0) is 20.8 Å². The minimum atomic E-state index is -4.25. The first-order valence-corrected chi connectivity index (χ1v) is 58.7. The number of carbonyl (C=O) groups excluding carboxylic acids is 1. The Hall–Kier alpha value is -8.56. The third-order valence-corrected chi connectivity index (χ3v) is 39.9. The summed E-state index contributed by atoms with van der Waals surface area (Å²) < 4.78 is 91.0. The lowest BCUT2D eigenvalue weighted by molar-refractivity contribution is -0.598. The van der Waals surface area contributed by atoms with E-state index in [1.165, 1.54) is 127 Å². The zero-order chi connectivity index (χ0) is 89.7. The summed E-state index contributed by atoms with van der Waals surface area (Å²) in [5.74, 6) is 2.13. The van der Waals surface area contributed by atoms with Crippen molar-refractivity contribution in [3.05, 3.63) is 502 Å². The second-order valence-electron chi connectivity index (χ2n) is 29.5. The van der Waals surface area contributed by atoms with E-state index in [9.17, 15) is 26.4 Å². The highest BCUT2D eigenvalue weighted by Crippen LogP contribution is 2.34. The molecule has 0 amide bonds. The van der Waals surface area contributed by atoms with Crippen molar-refractivity contribution < 1.29 is 184 Å². The molecule has 16 aromatic carbocycles. The first kappa shape index (κ1) is 98.5. The van der Waals surface area contributed by atoms with Crippen molar-refractivity contribution in [1.29, 1.82) is 0 Å². The second kappa shape index (κ2) is 51.9. The Bertz CT molecular complexity index is 6240. The Balaban J connectivity index is 0.000000137. The molecule has 6 nitrogen and oxygen atoms in total. The molecule has 0 spiro atoms. The van der Waals surface area contributed by atoms with E-state index >= 15 is 0 Å². The van der Waals surface area contributed by atoms with Crippen LogP contribution >= 0.6 is 0 Å². The summed E-state index contributed by atoms with van der Waals surface area (Å²) in [6.07, 6.45) is 4.05. The number of aromatic nitrogens is 1. The SMILES string of the molecule is CC(C)c1ccc([I+]c2ccccc2)cc1.COC(=O)c1ccccc1[I+]c1ccccc1.COc1ccc([I+]c2ccccc2)cc1.CS(=O)(=O)c1ccc([I+]c2ccccc2)cc1.Cc1ccc([I+]c2ccc(C(F)(F)F)cc2)cc1.c1ccc([I+]c2ccc(-n3c4ccccc4c4ccccc43)cc2)cc1.c1ccc([I+]c2ccc(C3CCCCC3)cc2)cc1. The highest BCUT2D eigenvalue weighted by molar-refractivity contribution is 7.90. The molecule has 18 rings (SSSR count). The number of hydrogen-bond acceptors (Lipinski definition) is 5. The van der Waals surface area contributed by atoms with Gasteiger partial charge < -0.3 is 14.0 Å². The van der Waals surface area contributed by atoms with Crippen LogP contribution in [-0.4, -0.2) is 39.4 Å². The van der Waals surface area contributed by atoms with Crippen molar-refractivity contribution in [1.82, 2.24) is 4.57 Å². The van der Waals surface area contributed by atoms with E-state index in [2.05, 4.69) is 297 Å². The predicted octanol–water partition coefficient (Wildman–Crippen LogP) is 5.50. The van der Waals surface area contributed by atoms with Crippen molar-refractivity contribution in [3.63, 3.8) is 0 Å². The summed E-state index contributed by atoms with van der Waals surface area (Å²) in [5, 5.41) is 2.62. The monoisotopic (exact) mass is 2500 g/mol. The molecule has 1 heterocycles. The van der Waals surface area contributed by atoms with Gasteiger partial charge in [-0.2, -0.15) is 13.2 Å². The zero-order valence-electron chi connectivity index (χ0n) is 71.8. The quantitative estimate of drug-likeness (QED) is 0.0746. The second-order valence-corrected chi connectivity index (χ2v) is 52.7. The molecule has 1 aromatic heterocycles. The van der Waals surface area contributed by atoms with Crippen LogP contribution in [0.3, 0.4) is 0 Å². The number of alkyl halides is 3. The number of carbonyl (C=O) groups is 1. The third kappa shape index (κ3) is 32.2. The average Bonchev–Trinajstić information content (AvgIpc) is 1.60. The number of halogens is 10. The van der Waals surface area contributed by atoms with Crippen LogP contribution in [0.2, 0.25) is 0 Å². The van der Waals surface area contributed by atoms with E-state index in [-0.39, 0.29) is 133 Å². The van der Waals surface area contributed by atoms with Crippen molar-refractivity contribution in [3.8, 4) is 11.4 Å². The van der Waals surface area contributed by atoms with Crippen LogP contribution in [0.15, 0.2) is 430 Å². The number of aryl methyl sites for hydroxylation is 1. The van der Waals surface area contributed by atoms with E-state index in [0.29, 0.717) is 16.4 Å². The molecule has 0 aliphatic heterocycles. The topological polar surface area (TPSA) is 74.6 Å². The maximum atomic E-state index is 12.4. The molecule has 0 saturated heterocycles. The van der Waals surface area contributed by atoms with Crippen LogP contribution in [0.1, 0.15) is 90.4 Å². The van der Waals surface area contributed by atoms with Gasteiger partial charge in [0.1, 0.15) is 11.3 Å². The van der Waals surface area contributed by atoms with Gasteiger partial charge in [0.05, 0.1) is 35.7 Å². The van der Waals surface area contributed by atoms with Crippen molar-refractivity contribution >= 4 is 37.6 Å². The largest absolute Gasteiger partial charge is 0.497 e. The van der Waals surface area contributed by atoms with Crippen LogP contribution < -0.4 is 153 Å². The van der Waals surface area contributed by atoms with E-state index in [0.717, 1.165) is 30.9 Å². The van der Waals surface area contributed by atoms with E-state index < -0.39 is 42.8 Å². The number of fused-ring (bicyclic) bond motifs is 3. The first-order valence-electron chi connectivity index (χ1n) is 41.8. The van der Waals surface area contributed by atoms with Crippen molar-refractivity contribution in [2.75, 3.05) is 20.5 Å². The maximum absolute atomic E-state index is 12.4. The van der Waals surface area contributed by atoms with Gasteiger partial charge in [0, 0.05) is 22.7 Å². The number of nitrogens with zero attached hydrogens (tertiary/aromatic N) is 1. The van der Waals surface area contributed by atoms with Gasteiger partial charge in [-0.05, 0) is 273 Å². The highest BCUT2D eigenvalue weighted by Gasteiger charge is 2.32. The Morgan fingerprint density at radius 2 is 0.672 bits per heavy atom. The Labute approximate surface area is 826 Å². The van der Waals surface area contributed by atoms with Gasteiger partial charge in [-0.25, -0.2) is 13.2 Å². The molecular weight excluding hydrogens is 2400 g/mol. The highest BCUT2D eigenvalue weighted by atomic mass is 127. The lowest BCUT2D eigenvalue weighted by Crippen LogP contribution is -3.61. The summed E-state index contributed by atoms with van der Waals surface area (Å²) in [6, 6.07) is 145. The Morgan fingerprint density at radius 1 is 0.359 bits per heavy atom. The number of sulfone groups is 1. The number of esters is 1. The van der Waals surface area contributed by atoms with Gasteiger partial charge in [0.15, 0.2) is 56.2 Å². The van der Waals surface area contributed by atoms with Crippen LogP contribution in [0.5, 0.6) is 5.75 Å². The molecule has 17 aromatic rings. The molecule has 1 aliphatic rings. The van der Waals surface area contributed by atoms with Gasteiger partial charge in [-0.3, -0.25) is 0 Å². The van der Waals surface area contributed by atoms with Crippen molar-refractivity contribution in [2.45, 2.75) is 75.8 Å². The zero-order valence-corrected chi connectivity index (χ0v) is 87.7. The molecule has 0 radical (unpaired) electrons. The summed E-state index contributed by atoms with van der Waals surface area (Å²) in [4.78, 5) is 12.0. The maximum Gasteiger partial charge on any atom is 0.416 e. The smallest absolute Gasteiger partial charge is 0.416 e. The molecule has 0 bridgehead atoms. The molecule has 0 unspecified atom stereocenters. The van der Waals surface area contributed by atoms with Gasteiger partial charge in [0.25, 0.3) is 0 Å². The van der Waals surface area contributed by atoms with Gasteiger partial charge in [0.2, 0.25) is 3.57 Å². The summed E-state index contributed by atoms with van der Waals surface area (Å²) in [5.41, 5.74) is 8.05.